The molecule has 0 spiro atoms. The zero-order valence-corrected chi connectivity index (χ0v) is 22.9. The Bertz CT molecular complexity index is 1400. The number of benzene rings is 4. The fourth-order valence-electron chi connectivity index (χ4n) is 3.69. The molecule has 0 aliphatic heterocycles. The van der Waals surface area contributed by atoms with Gasteiger partial charge >= 0.3 is 0 Å². The molecule has 8 heteroatoms. The molecule has 4 rings (SSSR count). The Kier molecular flexibility index (Phi) is 11.7. The van der Waals surface area contributed by atoms with Gasteiger partial charge in [0.15, 0.2) is 5.75 Å². The Morgan fingerprint density at radius 2 is 1.41 bits per heavy atom. The number of para-hydroxylation sites is 1. The minimum Gasteiger partial charge on any atom is -0.454 e. The van der Waals surface area contributed by atoms with Crippen LogP contribution in [0.1, 0.15) is 41.3 Å². The summed E-state index contributed by atoms with van der Waals surface area (Å²) in [4.78, 5) is 9.97. The molecule has 0 radical (unpaired) electrons. The number of carbonyl (C=O) groups excluding carboxylic acids is 1. The van der Waals surface area contributed by atoms with E-state index in [9.17, 15) is 13.2 Å². The molecule has 4 aromatic rings. The number of nitrogens with one attached hydrogen (secondary N) is 2. The zero-order chi connectivity index (χ0) is 27.9. The number of primary sulfonamides is 1. The van der Waals surface area contributed by atoms with E-state index in [0.717, 1.165) is 35.8 Å². The molecule has 0 saturated carbocycles. The predicted octanol–water partition coefficient (Wildman–Crippen LogP) is 6.13. The van der Waals surface area contributed by atoms with E-state index < -0.39 is 10.0 Å². The molecule has 0 unspecified atom stereocenters. The summed E-state index contributed by atoms with van der Waals surface area (Å²) in [7, 11) is -4.00. The summed E-state index contributed by atoms with van der Waals surface area (Å²) in [5, 5.41) is 12.2. The van der Waals surface area contributed by atoms with Gasteiger partial charge in [-0.05, 0) is 41.8 Å². The van der Waals surface area contributed by atoms with E-state index >= 15 is 0 Å². The maximum atomic E-state index is 12.4. The van der Waals surface area contributed by atoms with Crippen LogP contribution in [0, 0.1) is 0 Å². The van der Waals surface area contributed by atoms with Crippen molar-refractivity contribution < 1.29 is 17.9 Å². The third-order valence-corrected chi connectivity index (χ3v) is 6.58. The number of aldehydes is 1. The van der Waals surface area contributed by atoms with E-state index in [4.69, 9.17) is 9.88 Å². The number of ether oxygens (including phenoxy) is 1. The topological polar surface area (TPSA) is 111 Å². The van der Waals surface area contributed by atoms with Crippen molar-refractivity contribution in [3.05, 3.63) is 120 Å². The second-order valence-electron chi connectivity index (χ2n) is 8.83. The molecule has 39 heavy (non-hydrogen) atoms. The highest BCUT2D eigenvalue weighted by Gasteiger charge is 2.21. The SMILES string of the molecule is CCCCNc1cc(CNCc2ccccc2)cc(S(N)(=O)=O)c1Oc1ccccc1.O=Cc1ccccc1. The monoisotopic (exact) mass is 545 g/mol. The molecule has 0 aliphatic carbocycles. The van der Waals surface area contributed by atoms with E-state index in [1.807, 2.05) is 72.8 Å². The standard InChI is InChI=1S/C24H29N3O3S.C7H6O/c1-2-3-14-27-22-15-20(18-26-17-19-10-6-4-7-11-19)16-23(31(25,28)29)24(22)30-21-12-8-5-9-13-21;8-6-7-4-2-1-3-5-7/h4-13,15-16,26-27H,2-3,14,17-18H2,1H3,(H2,25,28,29);1-6H. The van der Waals surface area contributed by atoms with E-state index in [1.165, 1.54) is 0 Å². The molecule has 0 aromatic heterocycles. The highest BCUT2D eigenvalue weighted by Crippen LogP contribution is 2.37. The summed E-state index contributed by atoms with van der Waals surface area (Å²) in [5.41, 5.74) is 3.30. The molecule has 0 bridgehead atoms. The van der Waals surface area contributed by atoms with Crippen LogP contribution in [0.3, 0.4) is 0 Å². The number of hydrogen-bond acceptors (Lipinski definition) is 6. The fraction of sp³-hybridized carbons (Fsp3) is 0.194. The van der Waals surface area contributed by atoms with Crippen molar-refractivity contribution in [2.45, 2.75) is 37.8 Å². The van der Waals surface area contributed by atoms with Gasteiger partial charge in [0.05, 0.1) is 5.69 Å². The van der Waals surface area contributed by atoms with Crippen LogP contribution >= 0.6 is 0 Å². The molecular formula is C31H35N3O4S. The van der Waals surface area contributed by atoms with Gasteiger partial charge in [0.25, 0.3) is 0 Å². The first-order valence-electron chi connectivity index (χ1n) is 12.8. The molecule has 204 valence electrons. The quantitative estimate of drug-likeness (QED) is 0.146. The molecule has 0 heterocycles. The molecule has 7 nitrogen and oxygen atoms in total. The van der Waals surface area contributed by atoms with Crippen LogP contribution in [-0.2, 0) is 23.1 Å². The number of rotatable bonds is 12. The maximum Gasteiger partial charge on any atom is 0.241 e. The van der Waals surface area contributed by atoms with Crippen molar-refractivity contribution in [1.29, 1.82) is 0 Å². The number of hydrogen-bond donors (Lipinski definition) is 3. The van der Waals surface area contributed by atoms with Gasteiger partial charge in [-0.15, -0.1) is 0 Å². The highest BCUT2D eigenvalue weighted by molar-refractivity contribution is 7.89. The van der Waals surface area contributed by atoms with Crippen molar-refractivity contribution in [1.82, 2.24) is 5.32 Å². The van der Waals surface area contributed by atoms with Crippen molar-refractivity contribution in [2.75, 3.05) is 11.9 Å². The van der Waals surface area contributed by atoms with E-state index in [-0.39, 0.29) is 10.6 Å². The maximum absolute atomic E-state index is 12.4. The molecule has 0 amide bonds. The van der Waals surface area contributed by atoms with Gasteiger partial charge in [0.1, 0.15) is 16.9 Å². The largest absolute Gasteiger partial charge is 0.454 e. The van der Waals surface area contributed by atoms with Gasteiger partial charge in [0.2, 0.25) is 10.0 Å². The Morgan fingerprint density at radius 3 is 1.97 bits per heavy atom. The first-order valence-corrected chi connectivity index (χ1v) is 14.4. The molecular weight excluding hydrogens is 510 g/mol. The predicted molar refractivity (Wildman–Crippen MR) is 157 cm³/mol. The lowest BCUT2D eigenvalue weighted by atomic mass is 10.1. The molecule has 4 aromatic carbocycles. The van der Waals surface area contributed by atoms with Crippen LogP contribution < -0.4 is 20.5 Å². The Morgan fingerprint density at radius 1 is 0.821 bits per heavy atom. The number of sulfonamides is 1. The minimum atomic E-state index is -4.00. The van der Waals surface area contributed by atoms with Crippen molar-refractivity contribution >= 4 is 22.0 Å². The van der Waals surface area contributed by atoms with Gasteiger partial charge in [-0.1, -0.05) is 92.2 Å². The Balaban J connectivity index is 0.000000449. The van der Waals surface area contributed by atoms with E-state index in [0.29, 0.717) is 31.1 Å². The van der Waals surface area contributed by atoms with Gasteiger partial charge in [-0.2, -0.15) is 0 Å². The number of carbonyl (C=O) groups is 1. The van der Waals surface area contributed by atoms with Crippen molar-refractivity contribution in [2.24, 2.45) is 5.14 Å². The summed E-state index contributed by atoms with van der Waals surface area (Å²) in [6.07, 6.45) is 2.80. The fourth-order valence-corrected chi connectivity index (χ4v) is 4.42. The zero-order valence-electron chi connectivity index (χ0n) is 22.0. The average molecular weight is 546 g/mol. The molecule has 0 aliphatic rings. The summed E-state index contributed by atoms with van der Waals surface area (Å²) < 4.78 is 30.8. The summed E-state index contributed by atoms with van der Waals surface area (Å²) in [6.45, 7) is 3.97. The smallest absolute Gasteiger partial charge is 0.241 e. The van der Waals surface area contributed by atoms with Crippen molar-refractivity contribution in [3.8, 4) is 11.5 Å². The molecule has 0 atom stereocenters. The highest BCUT2D eigenvalue weighted by atomic mass is 32.2. The lowest BCUT2D eigenvalue weighted by molar-refractivity contribution is 0.112. The average Bonchev–Trinajstić information content (AvgIpc) is 2.95. The van der Waals surface area contributed by atoms with Crippen LogP contribution in [0.4, 0.5) is 5.69 Å². The van der Waals surface area contributed by atoms with Gasteiger partial charge in [0, 0.05) is 25.2 Å². The lowest BCUT2D eigenvalue weighted by Gasteiger charge is -2.18. The van der Waals surface area contributed by atoms with E-state index in [1.54, 1.807) is 30.3 Å². The number of anilines is 1. The normalized spacial score (nSPS) is 10.7. The summed E-state index contributed by atoms with van der Waals surface area (Å²) >= 11 is 0. The first-order chi connectivity index (χ1) is 18.9. The summed E-state index contributed by atoms with van der Waals surface area (Å²) in [5.74, 6) is 0.762. The number of nitrogens with two attached hydrogens (primary N) is 1. The van der Waals surface area contributed by atoms with Crippen LogP contribution in [0.2, 0.25) is 0 Å². The van der Waals surface area contributed by atoms with Gasteiger partial charge in [-0.3, -0.25) is 4.79 Å². The van der Waals surface area contributed by atoms with Crippen LogP contribution in [0.25, 0.3) is 0 Å². The second kappa shape index (κ2) is 15.4. The van der Waals surface area contributed by atoms with Crippen LogP contribution in [0.15, 0.2) is 108 Å². The third kappa shape index (κ3) is 10.0. The van der Waals surface area contributed by atoms with Gasteiger partial charge in [-0.25, -0.2) is 13.6 Å². The second-order valence-corrected chi connectivity index (χ2v) is 10.4. The number of unbranched alkanes of at least 4 members (excludes halogenated alkanes) is 1. The van der Waals surface area contributed by atoms with Crippen LogP contribution in [0.5, 0.6) is 11.5 Å². The third-order valence-electron chi connectivity index (χ3n) is 5.67. The Hall–Kier alpha value is -3.98. The Labute approximate surface area is 231 Å². The van der Waals surface area contributed by atoms with Crippen molar-refractivity contribution in [3.63, 3.8) is 0 Å². The molecule has 0 saturated heterocycles. The molecule has 0 fully saturated rings. The first kappa shape index (κ1) is 29.6. The lowest BCUT2D eigenvalue weighted by Crippen LogP contribution is -2.17. The van der Waals surface area contributed by atoms with E-state index in [2.05, 4.69) is 17.6 Å². The molecule has 4 N–H and O–H groups in total. The minimum absolute atomic E-state index is 0.0330. The van der Waals surface area contributed by atoms with Crippen LogP contribution in [-0.4, -0.2) is 21.2 Å². The van der Waals surface area contributed by atoms with Gasteiger partial charge < -0.3 is 15.4 Å². The summed E-state index contributed by atoms with van der Waals surface area (Å²) in [6, 6.07) is 31.7.